The molecule has 0 radical (unpaired) electrons. The minimum absolute atomic E-state index is 0.0785. The average molecular weight is 325 g/mol. The van der Waals surface area contributed by atoms with Crippen molar-refractivity contribution in [2.75, 3.05) is 0 Å². The molecule has 130 valence electrons. The standard InChI is InChI=1S/C23H32O/c1-22(2,3)19-14-18(15-20(16-19)23(4,5)6)21(24)13-12-17-10-8-7-9-11-17/h7-11,14-16,21,24H,12-13H2,1-6H3. The third-order valence-corrected chi connectivity index (χ3v) is 4.62. The van der Waals surface area contributed by atoms with Crippen LogP contribution in [0.1, 0.15) is 76.3 Å². The molecule has 0 amide bonds. The second-order valence-electron chi connectivity index (χ2n) is 8.88. The third-order valence-electron chi connectivity index (χ3n) is 4.62. The molecule has 0 saturated heterocycles. The van der Waals surface area contributed by atoms with E-state index in [2.05, 4.69) is 84.0 Å². The minimum atomic E-state index is -0.423. The molecule has 2 rings (SSSR count). The van der Waals surface area contributed by atoms with Crippen LogP contribution in [-0.2, 0) is 17.3 Å². The molecule has 0 bridgehead atoms. The SMILES string of the molecule is CC(C)(C)c1cc(C(O)CCc2ccccc2)cc(C(C)(C)C)c1. The van der Waals surface area contributed by atoms with Crippen molar-refractivity contribution >= 4 is 0 Å². The van der Waals surface area contributed by atoms with Crippen LogP contribution in [0.5, 0.6) is 0 Å². The lowest BCUT2D eigenvalue weighted by Crippen LogP contribution is -2.17. The zero-order valence-electron chi connectivity index (χ0n) is 16.1. The van der Waals surface area contributed by atoms with Gasteiger partial charge in [0.1, 0.15) is 0 Å². The van der Waals surface area contributed by atoms with Gasteiger partial charge in [-0.1, -0.05) is 90.1 Å². The predicted octanol–water partition coefficient (Wildman–Crippen LogP) is 5.95. The first kappa shape index (κ1) is 18.7. The third kappa shape index (κ3) is 4.95. The molecule has 1 nitrogen and oxygen atoms in total. The van der Waals surface area contributed by atoms with Gasteiger partial charge in [0.25, 0.3) is 0 Å². The van der Waals surface area contributed by atoms with Gasteiger partial charge < -0.3 is 5.11 Å². The van der Waals surface area contributed by atoms with Crippen molar-refractivity contribution in [3.05, 3.63) is 70.8 Å². The highest BCUT2D eigenvalue weighted by Crippen LogP contribution is 2.33. The van der Waals surface area contributed by atoms with Crippen LogP contribution in [0.25, 0.3) is 0 Å². The molecule has 0 aliphatic rings. The van der Waals surface area contributed by atoms with Crippen molar-refractivity contribution in [1.82, 2.24) is 0 Å². The Bertz CT molecular complexity index is 624. The van der Waals surface area contributed by atoms with E-state index >= 15 is 0 Å². The van der Waals surface area contributed by atoms with Crippen LogP contribution in [0.15, 0.2) is 48.5 Å². The Balaban J connectivity index is 2.27. The summed E-state index contributed by atoms with van der Waals surface area (Å²) in [4.78, 5) is 0. The molecule has 2 aromatic rings. The van der Waals surface area contributed by atoms with Gasteiger partial charge in [-0.15, -0.1) is 0 Å². The lowest BCUT2D eigenvalue weighted by molar-refractivity contribution is 0.167. The summed E-state index contributed by atoms with van der Waals surface area (Å²) in [5.74, 6) is 0. The molecule has 0 aliphatic carbocycles. The largest absolute Gasteiger partial charge is 0.388 e. The van der Waals surface area contributed by atoms with Crippen molar-refractivity contribution in [2.45, 2.75) is 71.3 Å². The number of rotatable bonds is 4. The first-order valence-corrected chi connectivity index (χ1v) is 8.95. The van der Waals surface area contributed by atoms with Crippen molar-refractivity contribution in [3.63, 3.8) is 0 Å². The summed E-state index contributed by atoms with van der Waals surface area (Å²) in [6.45, 7) is 13.4. The summed E-state index contributed by atoms with van der Waals surface area (Å²) in [5.41, 5.74) is 5.07. The van der Waals surface area contributed by atoms with Crippen molar-refractivity contribution < 1.29 is 5.11 Å². The van der Waals surface area contributed by atoms with Crippen molar-refractivity contribution in [2.24, 2.45) is 0 Å². The molecule has 1 N–H and O–H groups in total. The number of aliphatic hydroxyl groups is 1. The lowest BCUT2D eigenvalue weighted by Gasteiger charge is -2.27. The Morgan fingerprint density at radius 3 is 1.75 bits per heavy atom. The van der Waals surface area contributed by atoms with Crippen LogP contribution in [0.4, 0.5) is 0 Å². The van der Waals surface area contributed by atoms with Gasteiger partial charge in [0.2, 0.25) is 0 Å². The molecular weight excluding hydrogens is 292 g/mol. The van der Waals surface area contributed by atoms with Crippen LogP contribution in [0.2, 0.25) is 0 Å². The van der Waals surface area contributed by atoms with Crippen molar-refractivity contribution in [3.8, 4) is 0 Å². The zero-order chi connectivity index (χ0) is 18.0. The molecule has 1 unspecified atom stereocenters. The molecule has 24 heavy (non-hydrogen) atoms. The predicted molar refractivity (Wildman–Crippen MR) is 104 cm³/mol. The van der Waals surface area contributed by atoms with Crippen LogP contribution >= 0.6 is 0 Å². The Morgan fingerprint density at radius 1 is 0.792 bits per heavy atom. The molecule has 1 heteroatoms. The van der Waals surface area contributed by atoms with Crippen molar-refractivity contribution in [1.29, 1.82) is 0 Å². The average Bonchev–Trinajstić information content (AvgIpc) is 2.51. The molecule has 0 heterocycles. The number of benzene rings is 2. The second kappa shape index (κ2) is 7.11. The minimum Gasteiger partial charge on any atom is -0.388 e. The summed E-state index contributed by atoms with van der Waals surface area (Å²) >= 11 is 0. The fourth-order valence-electron chi connectivity index (χ4n) is 2.82. The van der Waals surface area contributed by atoms with Crippen LogP contribution < -0.4 is 0 Å². The number of hydrogen-bond acceptors (Lipinski definition) is 1. The van der Waals surface area contributed by atoms with Gasteiger partial charge in [-0.3, -0.25) is 0 Å². The van der Waals surface area contributed by atoms with Gasteiger partial charge in [0.05, 0.1) is 6.10 Å². The lowest BCUT2D eigenvalue weighted by atomic mass is 9.79. The maximum Gasteiger partial charge on any atom is 0.0793 e. The second-order valence-corrected chi connectivity index (χ2v) is 8.88. The highest BCUT2D eigenvalue weighted by molar-refractivity contribution is 5.38. The van der Waals surface area contributed by atoms with Crippen LogP contribution in [0, 0.1) is 0 Å². The molecule has 0 spiro atoms. The Kier molecular flexibility index (Phi) is 5.55. The van der Waals surface area contributed by atoms with E-state index in [1.165, 1.54) is 16.7 Å². The quantitative estimate of drug-likeness (QED) is 0.737. The van der Waals surface area contributed by atoms with E-state index in [1.54, 1.807) is 0 Å². The van der Waals surface area contributed by atoms with E-state index in [9.17, 15) is 5.11 Å². The molecule has 0 fully saturated rings. The van der Waals surface area contributed by atoms with Gasteiger partial charge in [-0.05, 0) is 45.9 Å². The van der Waals surface area contributed by atoms with E-state index in [1.807, 2.05) is 6.07 Å². The highest BCUT2D eigenvalue weighted by Gasteiger charge is 2.22. The fraction of sp³-hybridized carbons (Fsp3) is 0.478. The molecule has 0 saturated carbocycles. The van der Waals surface area contributed by atoms with E-state index in [0.717, 1.165) is 18.4 Å². The van der Waals surface area contributed by atoms with Crippen LogP contribution in [0.3, 0.4) is 0 Å². The van der Waals surface area contributed by atoms with Gasteiger partial charge in [-0.25, -0.2) is 0 Å². The van der Waals surface area contributed by atoms with E-state index in [-0.39, 0.29) is 10.8 Å². The molecule has 0 aliphatic heterocycles. The maximum absolute atomic E-state index is 10.8. The maximum atomic E-state index is 10.8. The topological polar surface area (TPSA) is 20.2 Å². The zero-order valence-corrected chi connectivity index (χ0v) is 16.1. The summed E-state index contributed by atoms with van der Waals surface area (Å²) in [7, 11) is 0. The Hall–Kier alpha value is -1.60. The summed E-state index contributed by atoms with van der Waals surface area (Å²) in [6.07, 6.45) is 1.22. The molecule has 0 aromatic heterocycles. The first-order valence-electron chi connectivity index (χ1n) is 8.95. The Morgan fingerprint density at radius 2 is 1.29 bits per heavy atom. The van der Waals surface area contributed by atoms with E-state index in [4.69, 9.17) is 0 Å². The monoisotopic (exact) mass is 324 g/mol. The van der Waals surface area contributed by atoms with Gasteiger partial charge in [0.15, 0.2) is 0 Å². The van der Waals surface area contributed by atoms with E-state index < -0.39 is 6.10 Å². The van der Waals surface area contributed by atoms with Gasteiger partial charge in [-0.2, -0.15) is 0 Å². The molecular formula is C23H32O. The van der Waals surface area contributed by atoms with E-state index in [0.29, 0.717) is 0 Å². The number of aryl methyl sites for hydroxylation is 1. The Labute approximate surface area is 147 Å². The molecule has 2 aromatic carbocycles. The summed E-state index contributed by atoms with van der Waals surface area (Å²) in [5, 5.41) is 10.8. The smallest absolute Gasteiger partial charge is 0.0793 e. The van der Waals surface area contributed by atoms with Gasteiger partial charge >= 0.3 is 0 Å². The normalized spacial score (nSPS) is 13.8. The van der Waals surface area contributed by atoms with Gasteiger partial charge in [0, 0.05) is 0 Å². The first-order chi connectivity index (χ1) is 11.1. The molecule has 1 atom stereocenters. The number of hydrogen-bond donors (Lipinski definition) is 1. The number of aliphatic hydroxyl groups excluding tert-OH is 1. The fourth-order valence-corrected chi connectivity index (χ4v) is 2.82. The summed E-state index contributed by atoms with van der Waals surface area (Å²) < 4.78 is 0. The van der Waals surface area contributed by atoms with Crippen LogP contribution in [-0.4, -0.2) is 5.11 Å². The summed E-state index contributed by atoms with van der Waals surface area (Å²) in [6, 6.07) is 17.1. The highest BCUT2D eigenvalue weighted by atomic mass is 16.3.